The van der Waals surface area contributed by atoms with Crippen LogP contribution < -0.4 is 10.1 Å². The molecule has 2 rings (SSSR count). The number of amides is 2. The first kappa shape index (κ1) is 28.4. The Labute approximate surface area is 210 Å². The Bertz CT molecular complexity index is 932. The van der Waals surface area contributed by atoms with Crippen LogP contribution in [0.3, 0.4) is 0 Å². The van der Waals surface area contributed by atoms with Gasteiger partial charge >= 0.3 is 0 Å². The molecule has 0 saturated heterocycles. The van der Waals surface area contributed by atoms with Crippen molar-refractivity contribution in [1.29, 1.82) is 0 Å². The smallest absolute Gasteiger partial charge is 0.245 e. The summed E-state index contributed by atoms with van der Waals surface area (Å²) in [6.45, 7) is 9.12. The molecule has 8 nitrogen and oxygen atoms in total. The van der Waals surface area contributed by atoms with Gasteiger partial charge in [0.2, 0.25) is 11.8 Å². The van der Waals surface area contributed by atoms with E-state index in [0.717, 1.165) is 42.8 Å². The minimum atomic E-state index is -0.268. The maximum Gasteiger partial charge on any atom is 0.245 e. The summed E-state index contributed by atoms with van der Waals surface area (Å²) in [5.74, 6) is 1.01. The fourth-order valence-corrected chi connectivity index (χ4v) is 3.64. The third-order valence-electron chi connectivity index (χ3n) is 5.81. The van der Waals surface area contributed by atoms with Crippen molar-refractivity contribution >= 4 is 17.6 Å². The molecule has 1 aromatic heterocycles. The van der Waals surface area contributed by atoms with E-state index in [2.05, 4.69) is 33.0 Å². The van der Waals surface area contributed by atoms with Crippen molar-refractivity contribution in [1.82, 2.24) is 14.7 Å². The molecule has 0 aliphatic heterocycles. The Balaban J connectivity index is 2.15. The first-order valence-corrected chi connectivity index (χ1v) is 12.5. The van der Waals surface area contributed by atoms with Gasteiger partial charge in [-0.15, -0.1) is 0 Å². The van der Waals surface area contributed by atoms with Crippen LogP contribution in [0.1, 0.15) is 71.9 Å². The van der Waals surface area contributed by atoms with Crippen LogP contribution in [0.5, 0.6) is 5.75 Å². The maximum atomic E-state index is 13.0. The van der Waals surface area contributed by atoms with Crippen molar-refractivity contribution in [3.8, 4) is 11.4 Å². The lowest BCUT2D eigenvalue weighted by molar-refractivity contribution is -0.135. The van der Waals surface area contributed by atoms with Gasteiger partial charge < -0.3 is 19.7 Å². The molecule has 0 radical (unpaired) electrons. The van der Waals surface area contributed by atoms with Crippen LogP contribution in [-0.4, -0.2) is 60.4 Å². The highest BCUT2D eigenvalue weighted by molar-refractivity contribution is 5.94. The number of carbonyl (C=O) groups excluding carboxylic acids is 2. The lowest BCUT2D eigenvalue weighted by Crippen LogP contribution is -2.40. The molecule has 1 aromatic carbocycles. The maximum absolute atomic E-state index is 13.0. The van der Waals surface area contributed by atoms with Crippen LogP contribution in [0.2, 0.25) is 0 Å². The SMILES string of the molecule is CCCCCCCC(=O)N(CCOC)CC(=O)Nc1cc(C(C)(C)C)nn1-c1ccc(OC)cc1. The van der Waals surface area contributed by atoms with Crippen LogP contribution in [0.15, 0.2) is 30.3 Å². The molecule has 35 heavy (non-hydrogen) atoms. The molecule has 0 atom stereocenters. The monoisotopic (exact) mass is 486 g/mol. The van der Waals surface area contributed by atoms with Gasteiger partial charge in [-0.25, -0.2) is 4.68 Å². The second-order valence-corrected chi connectivity index (χ2v) is 9.80. The van der Waals surface area contributed by atoms with Gasteiger partial charge in [0.1, 0.15) is 11.6 Å². The van der Waals surface area contributed by atoms with Gasteiger partial charge in [0.25, 0.3) is 0 Å². The molecule has 0 saturated carbocycles. The van der Waals surface area contributed by atoms with Crippen LogP contribution in [0.4, 0.5) is 5.82 Å². The number of hydrogen-bond donors (Lipinski definition) is 1. The van der Waals surface area contributed by atoms with Gasteiger partial charge in [-0.05, 0) is 30.7 Å². The lowest BCUT2D eigenvalue weighted by Gasteiger charge is -2.22. The number of nitrogens with one attached hydrogen (secondary N) is 1. The van der Waals surface area contributed by atoms with Crippen molar-refractivity contribution in [2.75, 3.05) is 39.2 Å². The summed E-state index contributed by atoms with van der Waals surface area (Å²) < 4.78 is 12.1. The second kappa shape index (κ2) is 13.9. The van der Waals surface area contributed by atoms with E-state index >= 15 is 0 Å². The number of methoxy groups -OCH3 is 2. The third kappa shape index (κ3) is 9.02. The lowest BCUT2D eigenvalue weighted by atomic mass is 9.92. The van der Waals surface area contributed by atoms with E-state index in [4.69, 9.17) is 14.6 Å². The van der Waals surface area contributed by atoms with Gasteiger partial charge in [-0.3, -0.25) is 9.59 Å². The minimum absolute atomic E-state index is 0.0206. The summed E-state index contributed by atoms with van der Waals surface area (Å²) in [5, 5.41) is 7.72. The first-order valence-electron chi connectivity index (χ1n) is 12.5. The van der Waals surface area contributed by atoms with E-state index in [1.54, 1.807) is 23.8 Å². The number of benzene rings is 1. The van der Waals surface area contributed by atoms with Crippen molar-refractivity contribution in [2.45, 2.75) is 71.6 Å². The van der Waals surface area contributed by atoms with Gasteiger partial charge in [0, 0.05) is 31.6 Å². The highest BCUT2D eigenvalue weighted by Crippen LogP contribution is 2.27. The van der Waals surface area contributed by atoms with E-state index in [1.165, 1.54) is 6.42 Å². The molecule has 1 N–H and O–H groups in total. The molecule has 8 heteroatoms. The number of rotatable bonds is 14. The van der Waals surface area contributed by atoms with Crippen molar-refractivity contribution in [3.63, 3.8) is 0 Å². The number of ether oxygens (including phenoxy) is 2. The number of nitrogens with zero attached hydrogens (tertiary/aromatic N) is 3. The molecule has 0 bridgehead atoms. The largest absolute Gasteiger partial charge is 0.497 e. The highest BCUT2D eigenvalue weighted by Gasteiger charge is 2.23. The molecule has 0 fully saturated rings. The fraction of sp³-hybridized carbons (Fsp3) is 0.593. The zero-order valence-electron chi connectivity index (χ0n) is 22.2. The Morgan fingerprint density at radius 3 is 2.34 bits per heavy atom. The van der Waals surface area contributed by atoms with E-state index < -0.39 is 0 Å². The van der Waals surface area contributed by atoms with Gasteiger partial charge in [-0.2, -0.15) is 5.10 Å². The van der Waals surface area contributed by atoms with Crippen molar-refractivity contribution < 1.29 is 19.1 Å². The minimum Gasteiger partial charge on any atom is -0.497 e. The summed E-state index contributed by atoms with van der Waals surface area (Å²) in [7, 11) is 3.21. The van der Waals surface area contributed by atoms with E-state index in [0.29, 0.717) is 25.4 Å². The Kier molecular flexibility index (Phi) is 11.2. The van der Waals surface area contributed by atoms with E-state index in [9.17, 15) is 9.59 Å². The molecule has 0 aliphatic rings. The molecular weight excluding hydrogens is 444 g/mol. The van der Waals surface area contributed by atoms with Crippen LogP contribution in [0, 0.1) is 0 Å². The summed E-state index contributed by atoms with van der Waals surface area (Å²) in [4.78, 5) is 27.4. The molecule has 0 spiro atoms. The van der Waals surface area contributed by atoms with Gasteiger partial charge in [0.05, 0.1) is 31.6 Å². The standard InChI is InChI=1S/C27H42N4O4/c1-7-8-9-10-11-12-26(33)30(17-18-34-5)20-25(32)28-24-19-23(27(2,3)4)29-31(24)21-13-15-22(35-6)16-14-21/h13-16,19H,7-12,17-18,20H2,1-6H3,(H,28,32). The summed E-state index contributed by atoms with van der Waals surface area (Å²) in [6.07, 6.45) is 5.79. The van der Waals surface area contributed by atoms with E-state index in [-0.39, 0.29) is 23.8 Å². The Morgan fingerprint density at radius 2 is 1.74 bits per heavy atom. The van der Waals surface area contributed by atoms with Crippen LogP contribution in [0.25, 0.3) is 5.69 Å². The van der Waals surface area contributed by atoms with Gasteiger partial charge in [-0.1, -0.05) is 53.4 Å². The van der Waals surface area contributed by atoms with Crippen LogP contribution >= 0.6 is 0 Å². The summed E-state index contributed by atoms with van der Waals surface area (Å²) in [6, 6.07) is 9.37. The quantitative estimate of drug-likeness (QED) is 0.382. The Morgan fingerprint density at radius 1 is 1.06 bits per heavy atom. The molecule has 194 valence electrons. The number of aromatic nitrogens is 2. The van der Waals surface area contributed by atoms with Gasteiger partial charge in [0.15, 0.2) is 0 Å². The normalized spacial score (nSPS) is 11.4. The topological polar surface area (TPSA) is 85.7 Å². The zero-order valence-corrected chi connectivity index (χ0v) is 22.2. The number of carbonyl (C=O) groups is 2. The fourth-order valence-electron chi connectivity index (χ4n) is 3.64. The van der Waals surface area contributed by atoms with Crippen molar-refractivity contribution in [2.24, 2.45) is 0 Å². The molecule has 1 heterocycles. The predicted molar refractivity (Wildman–Crippen MR) is 139 cm³/mol. The highest BCUT2D eigenvalue weighted by atomic mass is 16.5. The third-order valence-corrected chi connectivity index (χ3v) is 5.81. The first-order chi connectivity index (χ1) is 16.7. The number of hydrogen-bond acceptors (Lipinski definition) is 5. The Hall–Kier alpha value is -2.87. The summed E-state index contributed by atoms with van der Waals surface area (Å²) in [5.41, 5.74) is 1.45. The average molecular weight is 487 g/mol. The molecule has 0 aliphatic carbocycles. The number of anilines is 1. The zero-order chi connectivity index (χ0) is 25.8. The van der Waals surface area contributed by atoms with E-state index in [1.807, 2.05) is 30.3 Å². The summed E-state index contributed by atoms with van der Waals surface area (Å²) >= 11 is 0. The molecule has 0 unspecified atom stereocenters. The molecule has 2 amide bonds. The second-order valence-electron chi connectivity index (χ2n) is 9.80. The molecule has 2 aromatic rings. The van der Waals surface area contributed by atoms with Crippen molar-refractivity contribution in [3.05, 3.63) is 36.0 Å². The molecular formula is C27H42N4O4. The number of unbranched alkanes of at least 4 members (excludes halogenated alkanes) is 4. The predicted octanol–water partition coefficient (Wildman–Crippen LogP) is 4.95. The van der Waals surface area contributed by atoms with Crippen LogP contribution in [-0.2, 0) is 19.7 Å². The average Bonchev–Trinajstić information content (AvgIpc) is 3.25.